The van der Waals surface area contributed by atoms with E-state index in [1.165, 1.54) is 32.2 Å². The Balaban J connectivity index is 1.80. The molecule has 0 saturated carbocycles. The molecule has 18 heavy (non-hydrogen) atoms. The van der Waals surface area contributed by atoms with Crippen LogP contribution in [-0.4, -0.2) is 23.6 Å². The Morgan fingerprint density at radius 1 is 1.44 bits per heavy atom. The summed E-state index contributed by atoms with van der Waals surface area (Å²) in [5, 5.41) is 7.65. The molecule has 1 aromatic heterocycles. The van der Waals surface area contributed by atoms with Crippen molar-refractivity contribution in [3.8, 4) is 0 Å². The minimum Gasteiger partial charge on any atom is -0.381 e. The van der Waals surface area contributed by atoms with Gasteiger partial charge in [0, 0.05) is 12.1 Å². The number of anilines is 1. The highest BCUT2D eigenvalue weighted by Gasteiger charge is 2.14. The summed E-state index contributed by atoms with van der Waals surface area (Å²) < 4.78 is 0. The Morgan fingerprint density at radius 3 is 3.11 bits per heavy atom. The van der Waals surface area contributed by atoms with Crippen LogP contribution >= 0.6 is 11.6 Å². The molecule has 3 nitrogen and oxygen atoms in total. The molecule has 2 atom stereocenters. The maximum Gasteiger partial charge on any atom is 0.129 e. The zero-order valence-electron chi connectivity index (χ0n) is 11.0. The third-order valence-electron chi connectivity index (χ3n) is 3.44. The topological polar surface area (TPSA) is 37.0 Å². The molecule has 0 amide bonds. The number of rotatable bonds is 4. The van der Waals surface area contributed by atoms with Gasteiger partial charge in [0.05, 0.1) is 11.9 Å². The van der Waals surface area contributed by atoms with Gasteiger partial charge in [0.25, 0.3) is 0 Å². The maximum atomic E-state index is 5.77. The molecule has 2 rings (SSSR count). The Kier molecular flexibility index (Phi) is 5.26. The van der Waals surface area contributed by atoms with Gasteiger partial charge in [-0.1, -0.05) is 24.4 Å². The lowest BCUT2D eigenvalue weighted by atomic mass is 10.0. The van der Waals surface area contributed by atoms with E-state index in [1.54, 1.807) is 6.20 Å². The summed E-state index contributed by atoms with van der Waals surface area (Å²) >= 11 is 5.77. The molecule has 4 heteroatoms. The predicted molar refractivity (Wildman–Crippen MR) is 77.2 cm³/mol. The number of aromatic nitrogens is 1. The van der Waals surface area contributed by atoms with E-state index < -0.39 is 0 Å². The maximum absolute atomic E-state index is 5.77. The lowest BCUT2D eigenvalue weighted by Gasteiger charge is -2.22. The van der Waals surface area contributed by atoms with Crippen molar-refractivity contribution in [2.24, 2.45) is 0 Å². The van der Waals surface area contributed by atoms with Crippen molar-refractivity contribution in [1.29, 1.82) is 0 Å². The van der Waals surface area contributed by atoms with Crippen molar-refractivity contribution in [3.63, 3.8) is 0 Å². The SMILES string of the molecule is CC(CC1CCCCCN1)Nc1ccc(Cl)nc1. The minimum absolute atomic E-state index is 0.448. The number of nitrogens with one attached hydrogen (secondary N) is 2. The monoisotopic (exact) mass is 267 g/mol. The largest absolute Gasteiger partial charge is 0.381 e. The van der Waals surface area contributed by atoms with Gasteiger partial charge in [0.1, 0.15) is 5.15 Å². The van der Waals surface area contributed by atoms with Crippen molar-refractivity contribution < 1.29 is 0 Å². The average molecular weight is 268 g/mol. The molecule has 2 unspecified atom stereocenters. The number of hydrogen-bond donors (Lipinski definition) is 2. The molecule has 1 aliphatic rings. The van der Waals surface area contributed by atoms with Gasteiger partial charge in [0.15, 0.2) is 0 Å². The standard InChI is InChI=1S/C14H22ClN3/c1-11(9-12-5-3-2-4-8-16-12)18-13-6-7-14(15)17-10-13/h6-7,10-12,16,18H,2-5,8-9H2,1H3. The number of nitrogens with zero attached hydrogens (tertiary/aromatic N) is 1. The lowest BCUT2D eigenvalue weighted by molar-refractivity contribution is 0.456. The molecule has 0 radical (unpaired) electrons. The minimum atomic E-state index is 0.448. The van der Waals surface area contributed by atoms with Crippen molar-refractivity contribution in [2.75, 3.05) is 11.9 Å². The average Bonchev–Trinajstić information content (AvgIpc) is 2.61. The third kappa shape index (κ3) is 4.46. The first-order chi connectivity index (χ1) is 8.74. The molecule has 0 bridgehead atoms. The quantitative estimate of drug-likeness (QED) is 0.821. The van der Waals surface area contributed by atoms with Crippen LogP contribution in [0.4, 0.5) is 5.69 Å². The second-order valence-corrected chi connectivity index (χ2v) is 5.54. The van der Waals surface area contributed by atoms with E-state index in [0.29, 0.717) is 17.2 Å². The van der Waals surface area contributed by atoms with E-state index in [4.69, 9.17) is 11.6 Å². The summed E-state index contributed by atoms with van der Waals surface area (Å²) in [6, 6.07) is 4.89. The first-order valence-corrected chi connectivity index (χ1v) is 7.23. The molecule has 2 heterocycles. The van der Waals surface area contributed by atoms with E-state index in [9.17, 15) is 0 Å². The Hall–Kier alpha value is -0.800. The fourth-order valence-corrected chi connectivity index (χ4v) is 2.65. The Morgan fingerprint density at radius 2 is 2.33 bits per heavy atom. The molecule has 2 N–H and O–H groups in total. The number of hydrogen-bond acceptors (Lipinski definition) is 3. The summed E-state index contributed by atoms with van der Waals surface area (Å²) in [5.74, 6) is 0. The Bertz CT molecular complexity index is 345. The molecule has 100 valence electrons. The van der Waals surface area contributed by atoms with Gasteiger partial charge >= 0.3 is 0 Å². The summed E-state index contributed by atoms with van der Waals surface area (Å²) in [6.07, 6.45) is 8.28. The molecule has 0 aliphatic carbocycles. The van der Waals surface area contributed by atoms with Gasteiger partial charge in [-0.05, 0) is 44.9 Å². The molecule has 0 spiro atoms. The molecule has 0 aromatic carbocycles. The van der Waals surface area contributed by atoms with Crippen LogP contribution in [0.3, 0.4) is 0 Å². The fourth-order valence-electron chi connectivity index (χ4n) is 2.53. The van der Waals surface area contributed by atoms with Crippen LogP contribution in [-0.2, 0) is 0 Å². The zero-order valence-corrected chi connectivity index (χ0v) is 11.7. The number of halogens is 1. The first-order valence-electron chi connectivity index (χ1n) is 6.85. The van der Waals surface area contributed by atoms with Gasteiger partial charge in [0.2, 0.25) is 0 Å². The molecule has 1 aliphatic heterocycles. The van der Waals surface area contributed by atoms with Crippen LogP contribution in [0.2, 0.25) is 5.15 Å². The molecule has 1 aromatic rings. The molecular formula is C14H22ClN3. The zero-order chi connectivity index (χ0) is 12.8. The van der Waals surface area contributed by atoms with Gasteiger partial charge in [-0.25, -0.2) is 4.98 Å². The number of pyridine rings is 1. The van der Waals surface area contributed by atoms with E-state index >= 15 is 0 Å². The lowest BCUT2D eigenvalue weighted by Crippen LogP contribution is -2.33. The van der Waals surface area contributed by atoms with Crippen LogP contribution in [0.15, 0.2) is 18.3 Å². The van der Waals surface area contributed by atoms with Gasteiger partial charge in [-0.3, -0.25) is 0 Å². The normalized spacial score (nSPS) is 22.2. The van der Waals surface area contributed by atoms with Crippen LogP contribution in [0.1, 0.15) is 39.0 Å². The highest BCUT2D eigenvalue weighted by Crippen LogP contribution is 2.16. The smallest absolute Gasteiger partial charge is 0.129 e. The van der Waals surface area contributed by atoms with E-state index in [1.807, 2.05) is 12.1 Å². The van der Waals surface area contributed by atoms with Crippen molar-refractivity contribution >= 4 is 17.3 Å². The van der Waals surface area contributed by atoms with Crippen LogP contribution in [0, 0.1) is 0 Å². The van der Waals surface area contributed by atoms with Crippen LogP contribution in [0.5, 0.6) is 0 Å². The van der Waals surface area contributed by atoms with Crippen molar-refractivity contribution in [2.45, 2.75) is 51.1 Å². The molecule has 1 fully saturated rings. The van der Waals surface area contributed by atoms with Gasteiger partial charge in [-0.2, -0.15) is 0 Å². The molecular weight excluding hydrogens is 246 g/mol. The second kappa shape index (κ2) is 6.95. The van der Waals surface area contributed by atoms with Gasteiger partial charge in [-0.15, -0.1) is 0 Å². The van der Waals surface area contributed by atoms with E-state index in [-0.39, 0.29) is 0 Å². The predicted octanol–water partition coefficient (Wildman–Crippen LogP) is 3.46. The highest BCUT2D eigenvalue weighted by molar-refractivity contribution is 6.29. The fraction of sp³-hybridized carbons (Fsp3) is 0.643. The summed E-state index contributed by atoms with van der Waals surface area (Å²) in [5.41, 5.74) is 1.04. The Labute approximate surface area is 114 Å². The van der Waals surface area contributed by atoms with E-state index in [0.717, 1.165) is 12.1 Å². The second-order valence-electron chi connectivity index (χ2n) is 5.15. The van der Waals surface area contributed by atoms with Crippen molar-refractivity contribution in [3.05, 3.63) is 23.5 Å². The molecule has 1 saturated heterocycles. The summed E-state index contributed by atoms with van der Waals surface area (Å²) in [7, 11) is 0. The first kappa shape index (κ1) is 13.6. The summed E-state index contributed by atoms with van der Waals surface area (Å²) in [6.45, 7) is 3.39. The van der Waals surface area contributed by atoms with Gasteiger partial charge < -0.3 is 10.6 Å². The third-order valence-corrected chi connectivity index (χ3v) is 3.66. The van der Waals surface area contributed by atoms with E-state index in [2.05, 4.69) is 22.5 Å². The summed E-state index contributed by atoms with van der Waals surface area (Å²) in [4.78, 5) is 4.08. The van der Waals surface area contributed by atoms with Crippen LogP contribution in [0.25, 0.3) is 0 Å². The van der Waals surface area contributed by atoms with Crippen molar-refractivity contribution in [1.82, 2.24) is 10.3 Å². The highest BCUT2D eigenvalue weighted by atomic mass is 35.5. The van der Waals surface area contributed by atoms with Crippen LogP contribution < -0.4 is 10.6 Å².